The molecule has 19 heavy (non-hydrogen) atoms. The van der Waals surface area contributed by atoms with E-state index >= 15 is 0 Å². The fourth-order valence-electron chi connectivity index (χ4n) is 2.26. The molecule has 0 amide bonds. The molecule has 0 aromatic heterocycles. The van der Waals surface area contributed by atoms with Gasteiger partial charge in [-0.05, 0) is 30.5 Å². The summed E-state index contributed by atoms with van der Waals surface area (Å²) in [5.41, 5.74) is 0.0901. The van der Waals surface area contributed by atoms with Gasteiger partial charge >= 0.3 is 12.1 Å². The zero-order valence-corrected chi connectivity index (χ0v) is 10.1. The summed E-state index contributed by atoms with van der Waals surface area (Å²) < 4.78 is 37.3. The van der Waals surface area contributed by atoms with Crippen LogP contribution in [0.2, 0.25) is 0 Å². The maximum Gasteiger partial charge on any atom is 0.416 e. The quantitative estimate of drug-likeness (QED) is 0.871. The first kappa shape index (κ1) is 13.9. The summed E-state index contributed by atoms with van der Waals surface area (Å²) in [7, 11) is 0. The number of carboxylic acid groups (broad SMARTS) is 1. The van der Waals surface area contributed by atoms with E-state index in [0.717, 1.165) is 17.7 Å². The van der Waals surface area contributed by atoms with Crippen molar-refractivity contribution in [1.29, 1.82) is 0 Å². The Morgan fingerprint density at radius 2 is 1.84 bits per heavy atom. The Morgan fingerprint density at radius 1 is 1.21 bits per heavy atom. The van der Waals surface area contributed by atoms with E-state index in [1.165, 1.54) is 12.1 Å². The van der Waals surface area contributed by atoms with Gasteiger partial charge in [0, 0.05) is 12.6 Å². The molecule has 0 spiro atoms. The Bertz CT molecular complexity index is 448. The van der Waals surface area contributed by atoms with Crippen LogP contribution >= 0.6 is 0 Å². The largest absolute Gasteiger partial charge is 0.481 e. The third kappa shape index (κ3) is 3.26. The number of nitrogens with one attached hydrogen (secondary N) is 1. The highest BCUT2D eigenvalue weighted by molar-refractivity contribution is 5.70. The van der Waals surface area contributed by atoms with Gasteiger partial charge in [0.05, 0.1) is 11.5 Å². The van der Waals surface area contributed by atoms with Gasteiger partial charge in [-0.25, -0.2) is 0 Å². The lowest BCUT2D eigenvalue weighted by molar-refractivity contribution is -0.142. The number of aliphatic carboxylic acids is 1. The van der Waals surface area contributed by atoms with Crippen molar-refractivity contribution in [2.75, 3.05) is 6.54 Å². The number of piperidine rings is 1. The standard InChI is InChI=1S/C13H14F3NO2/c14-13(15,16)10-4-1-8(2-5-10)11-6-3-9(7-17-11)12(18)19/h1-2,4-5,9,11,17H,3,6-7H2,(H,18,19)/t9-,11+/m1/s1. The van der Waals surface area contributed by atoms with Crippen molar-refractivity contribution in [3.05, 3.63) is 35.4 Å². The summed E-state index contributed by atoms with van der Waals surface area (Å²) >= 11 is 0. The molecule has 2 rings (SSSR count). The Labute approximate surface area is 108 Å². The van der Waals surface area contributed by atoms with Crippen molar-refractivity contribution in [3.63, 3.8) is 0 Å². The number of carbonyl (C=O) groups is 1. The average molecular weight is 273 g/mol. The van der Waals surface area contributed by atoms with Crippen molar-refractivity contribution in [1.82, 2.24) is 5.32 Å². The highest BCUT2D eigenvalue weighted by Crippen LogP contribution is 2.31. The van der Waals surface area contributed by atoms with E-state index in [4.69, 9.17) is 5.11 Å². The van der Waals surface area contributed by atoms with E-state index in [-0.39, 0.29) is 6.04 Å². The number of benzene rings is 1. The molecular formula is C13H14F3NO2. The Hall–Kier alpha value is -1.56. The maximum atomic E-state index is 12.4. The van der Waals surface area contributed by atoms with Crippen LogP contribution in [0.5, 0.6) is 0 Å². The second kappa shape index (κ2) is 5.21. The van der Waals surface area contributed by atoms with E-state index in [2.05, 4.69) is 5.32 Å². The van der Waals surface area contributed by atoms with Crippen molar-refractivity contribution in [2.24, 2.45) is 5.92 Å². The highest BCUT2D eigenvalue weighted by atomic mass is 19.4. The van der Waals surface area contributed by atoms with Gasteiger partial charge < -0.3 is 10.4 Å². The first-order chi connectivity index (χ1) is 8.88. The van der Waals surface area contributed by atoms with Crippen LogP contribution in [0.3, 0.4) is 0 Å². The fourth-order valence-corrected chi connectivity index (χ4v) is 2.26. The predicted octanol–water partition coefficient (Wildman–Crippen LogP) is 2.83. The molecule has 3 nitrogen and oxygen atoms in total. The summed E-state index contributed by atoms with van der Waals surface area (Å²) in [5.74, 6) is -1.25. The number of carboxylic acids is 1. The Morgan fingerprint density at radius 3 is 2.26 bits per heavy atom. The first-order valence-electron chi connectivity index (χ1n) is 6.01. The lowest BCUT2D eigenvalue weighted by Crippen LogP contribution is -2.36. The van der Waals surface area contributed by atoms with Crippen LogP contribution in [0.4, 0.5) is 13.2 Å². The molecule has 104 valence electrons. The monoisotopic (exact) mass is 273 g/mol. The fraction of sp³-hybridized carbons (Fsp3) is 0.462. The molecule has 0 saturated carbocycles. The van der Waals surface area contributed by atoms with Gasteiger partial charge in [0.25, 0.3) is 0 Å². The highest BCUT2D eigenvalue weighted by Gasteiger charge is 2.31. The van der Waals surface area contributed by atoms with Gasteiger partial charge in [0.15, 0.2) is 0 Å². The number of alkyl halides is 3. The molecule has 2 N–H and O–H groups in total. The lowest BCUT2D eigenvalue weighted by Gasteiger charge is -2.28. The van der Waals surface area contributed by atoms with E-state index in [9.17, 15) is 18.0 Å². The normalized spacial score (nSPS) is 24.2. The zero-order chi connectivity index (χ0) is 14.0. The minimum absolute atomic E-state index is 0.0714. The number of halogens is 3. The molecule has 6 heteroatoms. The topological polar surface area (TPSA) is 49.3 Å². The third-order valence-corrected chi connectivity index (χ3v) is 3.40. The molecule has 1 aromatic carbocycles. The van der Waals surface area contributed by atoms with Crippen LogP contribution in [-0.2, 0) is 11.0 Å². The molecule has 0 bridgehead atoms. The van der Waals surface area contributed by atoms with Crippen molar-refractivity contribution in [2.45, 2.75) is 25.1 Å². The summed E-state index contributed by atoms with van der Waals surface area (Å²) in [4.78, 5) is 10.8. The average Bonchev–Trinajstić information content (AvgIpc) is 2.38. The van der Waals surface area contributed by atoms with Gasteiger partial charge in [-0.15, -0.1) is 0 Å². The van der Waals surface area contributed by atoms with Crippen molar-refractivity contribution in [3.8, 4) is 0 Å². The third-order valence-electron chi connectivity index (χ3n) is 3.40. The second-order valence-corrected chi connectivity index (χ2v) is 4.69. The van der Waals surface area contributed by atoms with E-state index in [0.29, 0.717) is 19.4 Å². The van der Waals surface area contributed by atoms with Crippen LogP contribution in [0.1, 0.15) is 30.0 Å². The van der Waals surface area contributed by atoms with Gasteiger partial charge in [0.1, 0.15) is 0 Å². The summed E-state index contributed by atoms with van der Waals surface area (Å²) in [6.45, 7) is 0.348. The maximum absolute atomic E-state index is 12.4. The van der Waals surface area contributed by atoms with Gasteiger partial charge in [0.2, 0.25) is 0 Å². The molecule has 1 fully saturated rings. The molecule has 0 radical (unpaired) electrons. The summed E-state index contributed by atoms with van der Waals surface area (Å²) in [6, 6.07) is 4.93. The molecule has 1 aliphatic rings. The number of hydrogen-bond donors (Lipinski definition) is 2. The smallest absolute Gasteiger partial charge is 0.416 e. The number of hydrogen-bond acceptors (Lipinski definition) is 2. The molecule has 1 heterocycles. The van der Waals surface area contributed by atoms with Crippen LogP contribution in [0, 0.1) is 5.92 Å². The summed E-state index contributed by atoms with van der Waals surface area (Å²) in [6.07, 6.45) is -3.18. The minimum atomic E-state index is -4.33. The Kier molecular flexibility index (Phi) is 3.80. The van der Waals surface area contributed by atoms with E-state index < -0.39 is 23.6 Å². The van der Waals surface area contributed by atoms with Gasteiger partial charge in [-0.2, -0.15) is 13.2 Å². The predicted molar refractivity (Wildman–Crippen MR) is 62.5 cm³/mol. The van der Waals surface area contributed by atoms with Gasteiger partial charge in [-0.1, -0.05) is 12.1 Å². The molecular weight excluding hydrogens is 259 g/mol. The molecule has 1 aromatic rings. The molecule has 0 unspecified atom stereocenters. The van der Waals surface area contributed by atoms with Crippen molar-refractivity contribution >= 4 is 5.97 Å². The van der Waals surface area contributed by atoms with E-state index in [1.54, 1.807) is 0 Å². The molecule has 2 atom stereocenters. The summed E-state index contributed by atoms with van der Waals surface area (Å²) in [5, 5.41) is 11.9. The van der Waals surface area contributed by atoms with Crippen LogP contribution in [0.25, 0.3) is 0 Å². The minimum Gasteiger partial charge on any atom is -0.481 e. The Balaban J connectivity index is 2.02. The number of rotatable bonds is 2. The lowest BCUT2D eigenvalue weighted by atomic mass is 9.91. The van der Waals surface area contributed by atoms with Crippen LogP contribution < -0.4 is 5.32 Å². The van der Waals surface area contributed by atoms with Gasteiger partial charge in [-0.3, -0.25) is 4.79 Å². The molecule has 1 saturated heterocycles. The van der Waals surface area contributed by atoms with Crippen LogP contribution in [0.15, 0.2) is 24.3 Å². The van der Waals surface area contributed by atoms with Crippen LogP contribution in [-0.4, -0.2) is 17.6 Å². The SMILES string of the molecule is O=C(O)[C@@H]1CC[C@@H](c2ccc(C(F)(F)F)cc2)NC1. The molecule has 1 aliphatic heterocycles. The first-order valence-corrected chi connectivity index (χ1v) is 6.01. The van der Waals surface area contributed by atoms with E-state index in [1.807, 2.05) is 0 Å². The zero-order valence-electron chi connectivity index (χ0n) is 10.1. The molecule has 0 aliphatic carbocycles. The second-order valence-electron chi connectivity index (χ2n) is 4.69. The van der Waals surface area contributed by atoms with Crippen molar-refractivity contribution < 1.29 is 23.1 Å².